The average Bonchev–Trinajstić information content (AvgIpc) is 2.16. The molecule has 0 amide bonds. The first-order valence-corrected chi connectivity index (χ1v) is 4.33. The van der Waals surface area contributed by atoms with Crippen LogP contribution >= 0.6 is 11.6 Å². The van der Waals surface area contributed by atoms with Crippen LogP contribution in [0.15, 0.2) is 42.5 Å². The first-order valence-electron chi connectivity index (χ1n) is 3.95. The van der Waals surface area contributed by atoms with Crippen LogP contribution in [-0.4, -0.2) is 11.1 Å². The lowest BCUT2D eigenvalue weighted by Gasteiger charge is -1.93. The van der Waals surface area contributed by atoms with Gasteiger partial charge >= 0.3 is 5.97 Å². The molecular formula is C11H9ClO2. The predicted molar refractivity (Wildman–Crippen MR) is 57.3 cm³/mol. The zero-order chi connectivity index (χ0) is 10.6. The van der Waals surface area contributed by atoms with Crippen LogP contribution in [0.5, 0.6) is 0 Å². The van der Waals surface area contributed by atoms with E-state index in [0.717, 1.165) is 5.56 Å². The van der Waals surface area contributed by atoms with E-state index in [2.05, 4.69) is 6.58 Å². The molecule has 2 nitrogen and oxygen atoms in total. The Kier molecular flexibility index (Phi) is 3.48. The fourth-order valence-electron chi connectivity index (χ4n) is 0.842. The van der Waals surface area contributed by atoms with Crippen molar-refractivity contribution in [3.8, 4) is 0 Å². The summed E-state index contributed by atoms with van der Waals surface area (Å²) in [6, 6.07) is 7.08. The summed E-state index contributed by atoms with van der Waals surface area (Å²) in [6.07, 6.45) is 3.12. The van der Waals surface area contributed by atoms with Gasteiger partial charge < -0.3 is 5.11 Å². The van der Waals surface area contributed by atoms with Crippen LogP contribution in [0.3, 0.4) is 0 Å². The van der Waals surface area contributed by atoms with Crippen molar-refractivity contribution in [1.29, 1.82) is 0 Å². The monoisotopic (exact) mass is 208 g/mol. The zero-order valence-electron chi connectivity index (χ0n) is 7.40. The molecule has 0 spiro atoms. The highest BCUT2D eigenvalue weighted by molar-refractivity contribution is 6.30. The molecule has 1 rings (SSSR count). The van der Waals surface area contributed by atoms with E-state index < -0.39 is 5.97 Å². The Hall–Kier alpha value is -1.54. The van der Waals surface area contributed by atoms with Gasteiger partial charge in [0, 0.05) is 5.02 Å². The van der Waals surface area contributed by atoms with Crippen molar-refractivity contribution >= 4 is 23.6 Å². The zero-order valence-corrected chi connectivity index (χ0v) is 8.16. The Bertz CT molecular complexity index is 377. The molecule has 0 bridgehead atoms. The fraction of sp³-hybridized carbons (Fsp3) is 0. The third-order valence-electron chi connectivity index (χ3n) is 1.62. The lowest BCUT2D eigenvalue weighted by atomic mass is 10.2. The number of rotatable bonds is 3. The normalized spacial score (nSPS) is 10.4. The molecule has 72 valence electrons. The highest BCUT2D eigenvalue weighted by atomic mass is 35.5. The summed E-state index contributed by atoms with van der Waals surface area (Å²) in [5, 5.41) is 9.18. The number of carbonyl (C=O) groups is 1. The van der Waals surface area contributed by atoms with Gasteiger partial charge in [-0.3, -0.25) is 0 Å². The molecule has 0 radical (unpaired) electrons. The van der Waals surface area contributed by atoms with Crippen LogP contribution in [0.25, 0.3) is 6.08 Å². The molecule has 0 saturated heterocycles. The minimum Gasteiger partial charge on any atom is -0.478 e. The number of hydrogen-bond donors (Lipinski definition) is 1. The molecule has 0 saturated carbocycles. The number of benzene rings is 1. The van der Waals surface area contributed by atoms with Crippen molar-refractivity contribution in [2.75, 3.05) is 0 Å². The minimum absolute atomic E-state index is 0.0555. The summed E-state index contributed by atoms with van der Waals surface area (Å²) in [4.78, 5) is 10.4. The second kappa shape index (κ2) is 4.63. The molecule has 0 heterocycles. The second-order valence-electron chi connectivity index (χ2n) is 2.72. The summed E-state index contributed by atoms with van der Waals surface area (Å²) in [7, 11) is 0. The molecule has 0 atom stereocenters. The fourth-order valence-corrected chi connectivity index (χ4v) is 0.968. The van der Waals surface area contributed by atoms with Gasteiger partial charge in [-0.2, -0.15) is 0 Å². The van der Waals surface area contributed by atoms with Gasteiger partial charge in [0.05, 0.1) is 5.57 Å². The molecule has 0 unspecified atom stereocenters. The molecule has 14 heavy (non-hydrogen) atoms. The van der Waals surface area contributed by atoms with Crippen molar-refractivity contribution in [3.63, 3.8) is 0 Å². The molecule has 0 aliphatic rings. The van der Waals surface area contributed by atoms with Gasteiger partial charge in [-0.05, 0) is 23.8 Å². The van der Waals surface area contributed by atoms with Crippen molar-refractivity contribution in [2.24, 2.45) is 0 Å². The highest BCUT2D eigenvalue weighted by Crippen LogP contribution is 2.11. The Morgan fingerprint density at radius 3 is 2.43 bits per heavy atom. The van der Waals surface area contributed by atoms with Gasteiger partial charge in [0.25, 0.3) is 0 Å². The number of aliphatic carboxylic acids is 1. The average molecular weight is 209 g/mol. The molecule has 0 aliphatic carbocycles. The lowest BCUT2D eigenvalue weighted by molar-refractivity contribution is -0.132. The maximum absolute atomic E-state index is 10.4. The summed E-state index contributed by atoms with van der Waals surface area (Å²) in [5.74, 6) is -1.02. The quantitative estimate of drug-likeness (QED) is 0.613. The topological polar surface area (TPSA) is 37.3 Å². The Morgan fingerprint density at radius 1 is 1.36 bits per heavy atom. The van der Waals surface area contributed by atoms with Gasteiger partial charge in [0.1, 0.15) is 0 Å². The highest BCUT2D eigenvalue weighted by Gasteiger charge is 1.97. The van der Waals surface area contributed by atoms with Gasteiger partial charge in [-0.15, -0.1) is 0 Å². The smallest absolute Gasteiger partial charge is 0.335 e. The van der Waals surface area contributed by atoms with Crippen molar-refractivity contribution < 1.29 is 9.90 Å². The van der Waals surface area contributed by atoms with E-state index in [0.29, 0.717) is 5.02 Å². The molecule has 0 aliphatic heterocycles. The SMILES string of the molecule is C=C(/C=C\c1ccc(Cl)cc1)C(=O)O. The minimum atomic E-state index is -1.02. The molecule has 1 aromatic carbocycles. The van der Waals surface area contributed by atoms with Gasteiger partial charge in [-0.1, -0.05) is 36.4 Å². The van der Waals surface area contributed by atoms with Crippen LogP contribution in [0.4, 0.5) is 0 Å². The Balaban J connectivity index is 2.74. The number of halogens is 1. The third kappa shape index (κ3) is 3.07. The van der Waals surface area contributed by atoms with E-state index in [1.54, 1.807) is 30.3 Å². The predicted octanol–water partition coefficient (Wildman–Crippen LogP) is 2.99. The third-order valence-corrected chi connectivity index (χ3v) is 1.87. The van der Waals surface area contributed by atoms with Crippen LogP contribution in [0.2, 0.25) is 5.02 Å². The van der Waals surface area contributed by atoms with Gasteiger partial charge in [0.2, 0.25) is 0 Å². The lowest BCUT2D eigenvalue weighted by Crippen LogP contribution is -1.94. The van der Waals surface area contributed by atoms with E-state index in [1.807, 2.05) is 0 Å². The summed E-state index contributed by atoms with van der Waals surface area (Å²) >= 11 is 5.69. The maximum Gasteiger partial charge on any atom is 0.335 e. The van der Waals surface area contributed by atoms with E-state index in [-0.39, 0.29) is 5.57 Å². The first-order chi connectivity index (χ1) is 6.59. The van der Waals surface area contributed by atoms with Crippen LogP contribution < -0.4 is 0 Å². The van der Waals surface area contributed by atoms with Crippen molar-refractivity contribution in [3.05, 3.63) is 53.1 Å². The van der Waals surface area contributed by atoms with E-state index in [1.165, 1.54) is 6.08 Å². The molecule has 0 aromatic heterocycles. The maximum atomic E-state index is 10.4. The van der Waals surface area contributed by atoms with E-state index in [9.17, 15) is 4.79 Å². The number of hydrogen-bond acceptors (Lipinski definition) is 1. The Morgan fingerprint density at radius 2 is 1.93 bits per heavy atom. The number of carboxylic acid groups (broad SMARTS) is 1. The molecule has 1 aromatic rings. The van der Waals surface area contributed by atoms with Crippen LogP contribution in [0, 0.1) is 0 Å². The second-order valence-corrected chi connectivity index (χ2v) is 3.15. The summed E-state index contributed by atoms with van der Waals surface area (Å²) in [5.41, 5.74) is 0.941. The Labute approximate surface area is 87.1 Å². The molecule has 3 heteroatoms. The van der Waals surface area contributed by atoms with Gasteiger partial charge in [-0.25, -0.2) is 4.79 Å². The standard InChI is InChI=1S/C11H9ClO2/c1-8(11(13)14)2-3-9-4-6-10(12)7-5-9/h2-7H,1H2,(H,13,14)/b3-2-. The summed E-state index contributed by atoms with van der Waals surface area (Å²) < 4.78 is 0. The first kappa shape index (κ1) is 10.5. The van der Waals surface area contributed by atoms with Crippen molar-refractivity contribution in [1.82, 2.24) is 0 Å². The largest absolute Gasteiger partial charge is 0.478 e. The summed E-state index contributed by atoms with van der Waals surface area (Å²) in [6.45, 7) is 3.37. The molecular weight excluding hydrogens is 200 g/mol. The van der Waals surface area contributed by atoms with Crippen LogP contribution in [-0.2, 0) is 4.79 Å². The molecule has 0 fully saturated rings. The van der Waals surface area contributed by atoms with Gasteiger partial charge in [0.15, 0.2) is 0 Å². The van der Waals surface area contributed by atoms with E-state index >= 15 is 0 Å². The number of carboxylic acids is 1. The van der Waals surface area contributed by atoms with E-state index in [4.69, 9.17) is 16.7 Å². The van der Waals surface area contributed by atoms with Crippen molar-refractivity contribution in [2.45, 2.75) is 0 Å². The molecule has 1 N–H and O–H groups in total. The van der Waals surface area contributed by atoms with Crippen LogP contribution in [0.1, 0.15) is 5.56 Å².